The highest BCUT2D eigenvalue weighted by atomic mass is 79.9. The average molecular weight is 530 g/mol. The van der Waals surface area contributed by atoms with Crippen LogP contribution in [0.4, 0.5) is 5.69 Å². The molecular weight excluding hydrogens is 506 g/mol. The van der Waals surface area contributed by atoms with Gasteiger partial charge in [-0.1, -0.05) is 30.3 Å². The Labute approximate surface area is 211 Å². The number of aryl methyl sites for hydroxylation is 2. The molecule has 0 spiro atoms. The van der Waals surface area contributed by atoms with Crippen LogP contribution in [0.3, 0.4) is 0 Å². The van der Waals surface area contributed by atoms with E-state index in [1.54, 1.807) is 24.5 Å². The van der Waals surface area contributed by atoms with Gasteiger partial charge in [-0.2, -0.15) is 5.10 Å². The maximum Gasteiger partial charge on any atom is 0.257 e. The highest BCUT2D eigenvalue weighted by molar-refractivity contribution is 9.10. The second-order valence-corrected chi connectivity index (χ2v) is 9.66. The number of aromatic nitrogens is 3. The molecule has 1 saturated heterocycles. The summed E-state index contributed by atoms with van der Waals surface area (Å²) in [7, 11) is 1.93. The Morgan fingerprint density at radius 3 is 2.46 bits per heavy atom. The van der Waals surface area contributed by atoms with Gasteiger partial charge in [0.2, 0.25) is 0 Å². The number of carbonyl (C=O) groups is 2. The van der Waals surface area contributed by atoms with Crippen LogP contribution in [-0.4, -0.2) is 44.6 Å². The maximum atomic E-state index is 13.1. The highest BCUT2D eigenvalue weighted by Gasteiger charge is 2.32. The molecule has 176 valence electrons. The summed E-state index contributed by atoms with van der Waals surface area (Å²) in [4.78, 5) is 31.6. The normalized spacial score (nSPS) is 13.4. The number of halogens is 1. The van der Waals surface area contributed by atoms with E-state index in [2.05, 4.69) is 55.6 Å². The Morgan fingerprint density at radius 1 is 1.00 bits per heavy atom. The molecule has 1 aliphatic heterocycles. The number of hydrogen-bond acceptors (Lipinski definition) is 4. The number of rotatable bonds is 5. The van der Waals surface area contributed by atoms with Gasteiger partial charge in [-0.05, 0) is 63.8 Å². The molecule has 1 aliphatic rings. The summed E-state index contributed by atoms with van der Waals surface area (Å²) in [5, 5.41) is 7.13. The third kappa shape index (κ3) is 4.74. The molecule has 7 nitrogen and oxygen atoms in total. The van der Waals surface area contributed by atoms with Crippen LogP contribution >= 0.6 is 15.9 Å². The summed E-state index contributed by atoms with van der Waals surface area (Å²) < 4.78 is 2.58. The minimum Gasteiger partial charge on any atom is -0.337 e. The molecule has 8 heteroatoms. The molecule has 4 aromatic rings. The summed E-state index contributed by atoms with van der Waals surface area (Å²) >= 11 is 3.33. The van der Waals surface area contributed by atoms with Crippen molar-refractivity contribution in [2.24, 2.45) is 7.05 Å². The van der Waals surface area contributed by atoms with Crippen molar-refractivity contribution in [3.05, 3.63) is 99.9 Å². The summed E-state index contributed by atoms with van der Waals surface area (Å²) in [6.45, 7) is 3.24. The molecule has 0 radical (unpaired) electrons. The molecule has 0 bridgehead atoms. The average Bonchev–Trinajstić information content (AvgIpc) is 3.25. The molecule has 0 unspecified atom stereocenters. The van der Waals surface area contributed by atoms with E-state index < -0.39 is 0 Å². The van der Waals surface area contributed by atoms with E-state index in [1.165, 1.54) is 11.8 Å². The van der Waals surface area contributed by atoms with Gasteiger partial charge in [-0.3, -0.25) is 19.3 Å². The Balaban J connectivity index is 1.24. The van der Waals surface area contributed by atoms with Crippen molar-refractivity contribution in [2.45, 2.75) is 12.8 Å². The zero-order chi connectivity index (χ0) is 24.5. The quantitative estimate of drug-likeness (QED) is 0.392. The molecule has 35 heavy (non-hydrogen) atoms. The molecule has 2 amide bonds. The smallest absolute Gasteiger partial charge is 0.257 e. The molecule has 1 N–H and O–H groups in total. The van der Waals surface area contributed by atoms with Gasteiger partial charge in [0.1, 0.15) is 0 Å². The number of likely N-dealkylation sites (tertiary alicyclic amines) is 1. The van der Waals surface area contributed by atoms with E-state index >= 15 is 0 Å². The Bertz CT molecular complexity index is 1410. The second-order valence-electron chi connectivity index (χ2n) is 8.74. The molecule has 5 rings (SSSR count). The lowest BCUT2D eigenvalue weighted by Gasteiger charge is -2.39. The number of hydrogen-bond donors (Lipinski definition) is 1. The molecule has 0 saturated carbocycles. The lowest BCUT2D eigenvalue weighted by Crippen LogP contribution is -2.48. The molecule has 0 atom stereocenters. The Kier molecular flexibility index (Phi) is 6.21. The van der Waals surface area contributed by atoms with Gasteiger partial charge >= 0.3 is 0 Å². The minimum atomic E-state index is -0.273. The zero-order valence-corrected chi connectivity index (χ0v) is 21.0. The van der Waals surface area contributed by atoms with Crippen LogP contribution in [0, 0.1) is 6.92 Å². The van der Waals surface area contributed by atoms with Crippen LogP contribution < -0.4 is 5.32 Å². The number of anilines is 1. The fraction of sp³-hybridized carbons (Fsp3) is 0.185. The van der Waals surface area contributed by atoms with E-state index in [0.29, 0.717) is 35.8 Å². The van der Waals surface area contributed by atoms with Gasteiger partial charge in [0, 0.05) is 60.4 Å². The topological polar surface area (TPSA) is 80.1 Å². The predicted octanol–water partition coefficient (Wildman–Crippen LogP) is 5.04. The first-order valence-corrected chi connectivity index (χ1v) is 12.1. The van der Waals surface area contributed by atoms with Crippen LogP contribution in [0.1, 0.15) is 37.8 Å². The first-order valence-electron chi connectivity index (χ1n) is 11.3. The largest absolute Gasteiger partial charge is 0.337 e. The number of carbonyl (C=O) groups excluding carboxylic acids is 2. The monoisotopic (exact) mass is 529 g/mol. The van der Waals surface area contributed by atoms with Crippen LogP contribution in [0.25, 0.3) is 11.3 Å². The minimum absolute atomic E-state index is 0.0348. The van der Waals surface area contributed by atoms with E-state index in [9.17, 15) is 9.59 Å². The van der Waals surface area contributed by atoms with E-state index in [4.69, 9.17) is 0 Å². The molecule has 1 fully saturated rings. The number of nitrogens with zero attached hydrogens (tertiary/aromatic N) is 4. The first kappa shape index (κ1) is 23.0. The fourth-order valence-electron chi connectivity index (χ4n) is 4.24. The third-order valence-electron chi connectivity index (χ3n) is 6.37. The van der Waals surface area contributed by atoms with Gasteiger partial charge in [0.15, 0.2) is 0 Å². The number of amides is 2. The fourth-order valence-corrected chi connectivity index (χ4v) is 4.61. The number of pyridine rings is 1. The summed E-state index contributed by atoms with van der Waals surface area (Å²) in [6.07, 6.45) is 4.92. The van der Waals surface area contributed by atoms with Crippen molar-refractivity contribution in [1.29, 1.82) is 0 Å². The molecule has 2 aromatic heterocycles. The van der Waals surface area contributed by atoms with Crippen molar-refractivity contribution in [1.82, 2.24) is 19.7 Å². The van der Waals surface area contributed by atoms with Crippen LogP contribution in [0.5, 0.6) is 0 Å². The van der Waals surface area contributed by atoms with Gasteiger partial charge in [-0.25, -0.2) is 0 Å². The number of benzene rings is 2. The first-order chi connectivity index (χ1) is 16.9. The van der Waals surface area contributed by atoms with Crippen molar-refractivity contribution in [3.63, 3.8) is 0 Å². The second kappa shape index (κ2) is 9.46. The molecule has 0 aliphatic carbocycles. The summed E-state index contributed by atoms with van der Waals surface area (Å²) in [5.41, 5.74) is 5.91. The van der Waals surface area contributed by atoms with Gasteiger partial charge in [0.25, 0.3) is 11.8 Å². The molecular formula is C27H24BrN5O2. The van der Waals surface area contributed by atoms with Gasteiger partial charge in [0.05, 0.1) is 11.3 Å². The van der Waals surface area contributed by atoms with Crippen LogP contribution in [0.15, 0.2) is 77.7 Å². The van der Waals surface area contributed by atoms with Crippen LogP contribution in [-0.2, 0) is 7.05 Å². The number of nitrogens with one attached hydrogen (secondary N) is 1. The standard InChI is InChI=1S/C27H24BrN5O2/c1-17-3-4-20(12-24(17)31-26(34)21-11-23(28)14-29-13-21)27(35)33-15-22(16-33)18-5-7-19(8-6-18)25-9-10-30-32(25)2/h3-14,22H,15-16H2,1-2H3,(H,31,34). The lowest BCUT2D eigenvalue weighted by molar-refractivity contribution is 0.0602. The molecule has 3 heterocycles. The van der Waals surface area contributed by atoms with Crippen molar-refractivity contribution < 1.29 is 9.59 Å². The van der Waals surface area contributed by atoms with Crippen molar-refractivity contribution in [3.8, 4) is 11.3 Å². The van der Waals surface area contributed by atoms with Gasteiger partial charge < -0.3 is 10.2 Å². The van der Waals surface area contributed by atoms with E-state index in [0.717, 1.165) is 21.3 Å². The lowest BCUT2D eigenvalue weighted by atomic mass is 9.90. The maximum absolute atomic E-state index is 13.1. The third-order valence-corrected chi connectivity index (χ3v) is 6.80. The zero-order valence-electron chi connectivity index (χ0n) is 19.4. The van der Waals surface area contributed by atoms with E-state index in [-0.39, 0.29) is 11.8 Å². The summed E-state index contributed by atoms with van der Waals surface area (Å²) in [6, 6.07) is 17.6. The SMILES string of the molecule is Cc1ccc(C(=O)N2CC(c3ccc(-c4ccnn4C)cc3)C2)cc1NC(=O)c1cncc(Br)c1. The molecule has 2 aromatic carbocycles. The van der Waals surface area contributed by atoms with Crippen LogP contribution in [0.2, 0.25) is 0 Å². The highest BCUT2D eigenvalue weighted by Crippen LogP contribution is 2.31. The van der Waals surface area contributed by atoms with Crippen molar-refractivity contribution in [2.75, 3.05) is 18.4 Å². The van der Waals surface area contributed by atoms with Crippen molar-refractivity contribution >= 4 is 33.4 Å². The summed E-state index contributed by atoms with van der Waals surface area (Å²) in [5.74, 6) is 0.00523. The van der Waals surface area contributed by atoms with E-state index in [1.807, 2.05) is 41.8 Å². The Morgan fingerprint density at radius 2 is 1.77 bits per heavy atom. The predicted molar refractivity (Wildman–Crippen MR) is 138 cm³/mol. The Hall–Kier alpha value is -3.78. The van der Waals surface area contributed by atoms with Gasteiger partial charge in [-0.15, -0.1) is 0 Å².